The van der Waals surface area contributed by atoms with Gasteiger partial charge in [-0.2, -0.15) is 0 Å². The Bertz CT molecular complexity index is 1540. The van der Waals surface area contributed by atoms with Crippen molar-refractivity contribution in [3.8, 4) is 0 Å². The monoisotopic (exact) mass is 519 g/mol. The van der Waals surface area contributed by atoms with Crippen molar-refractivity contribution in [3.05, 3.63) is 89.0 Å². The zero-order valence-electron chi connectivity index (χ0n) is 21.5. The molecule has 37 heavy (non-hydrogen) atoms. The number of benzene rings is 2. The Morgan fingerprint density at radius 1 is 1.00 bits per heavy atom. The highest BCUT2D eigenvalue weighted by molar-refractivity contribution is 7.89. The van der Waals surface area contributed by atoms with Crippen molar-refractivity contribution < 1.29 is 17.6 Å². The molecular weight excluding hydrogens is 486 g/mol. The Morgan fingerprint density at radius 2 is 1.78 bits per heavy atom. The third-order valence-electron chi connectivity index (χ3n) is 6.99. The quantitative estimate of drug-likeness (QED) is 0.367. The van der Waals surface area contributed by atoms with E-state index in [1.54, 1.807) is 24.4 Å². The van der Waals surface area contributed by atoms with Gasteiger partial charge in [-0.25, -0.2) is 12.4 Å². The van der Waals surface area contributed by atoms with E-state index in [-0.39, 0.29) is 12.3 Å². The van der Waals surface area contributed by atoms with Crippen LogP contribution in [0, 0.1) is 13.8 Å². The molecule has 194 valence electrons. The molecule has 3 heterocycles. The lowest BCUT2D eigenvalue weighted by Crippen LogP contribution is -2.34. The van der Waals surface area contributed by atoms with Crippen molar-refractivity contribution in [2.24, 2.45) is 0 Å². The molecule has 1 amide bonds. The fraction of sp³-hybridized carbons (Fsp3) is 0.345. The molecule has 1 fully saturated rings. The van der Waals surface area contributed by atoms with Gasteiger partial charge in [0.05, 0.1) is 18.2 Å². The second-order valence-electron chi connectivity index (χ2n) is 10.0. The number of nitrogens with one attached hydrogen (secondary N) is 1. The highest BCUT2D eigenvalue weighted by Gasteiger charge is 2.26. The first-order valence-electron chi connectivity index (χ1n) is 12.7. The number of nitrogens with zero attached hydrogens (tertiary/aromatic N) is 2. The summed E-state index contributed by atoms with van der Waals surface area (Å²) in [6.45, 7) is 6.00. The van der Waals surface area contributed by atoms with Crippen molar-refractivity contribution in [2.45, 2.75) is 45.6 Å². The summed E-state index contributed by atoms with van der Waals surface area (Å²) in [4.78, 5) is 15.8. The molecule has 0 radical (unpaired) electrons. The molecule has 5 rings (SSSR count). The molecule has 1 aliphatic heterocycles. The van der Waals surface area contributed by atoms with Crippen LogP contribution in [0.3, 0.4) is 0 Å². The van der Waals surface area contributed by atoms with E-state index in [0.29, 0.717) is 11.3 Å². The van der Waals surface area contributed by atoms with Gasteiger partial charge in [-0.1, -0.05) is 18.2 Å². The summed E-state index contributed by atoms with van der Waals surface area (Å²) in [7, 11) is -3.39. The third kappa shape index (κ3) is 5.44. The summed E-state index contributed by atoms with van der Waals surface area (Å²) in [5.74, 6) is 1.36. The summed E-state index contributed by atoms with van der Waals surface area (Å²) in [5, 5.41) is 4.01. The minimum atomic E-state index is -3.39. The molecule has 1 aliphatic rings. The minimum Gasteiger partial charge on any atom is -0.464 e. The van der Waals surface area contributed by atoms with Crippen molar-refractivity contribution in [1.29, 1.82) is 0 Å². The first-order valence-corrected chi connectivity index (χ1v) is 14.6. The molecule has 0 aliphatic carbocycles. The lowest BCUT2D eigenvalue weighted by atomic mass is 9.97. The maximum Gasteiger partial charge on any atom is 0.236 e. The second kappa shape index (κ2) is 10.1. The Kier molecular flexibility index (Phi) is 6.86. The summed E-state index contributed by atoms with van der Waals surface area (Å²) in [6, 6.07) is 17.0. The van der Waals surface area contributed by atoms with Crippen LogP contribution < -0.4 is 10.2 Å². The Balaban J connectivity index is 1.44. The molecule has 0 spiro atoms. The van der Waals surface area contributed by atoms with Gasteiger partial charge in [0.15, 0.2) is 0 Å². The van der Waals surface area contributed by atoms with Gasteiger partial charge in [-0.3, -0.25) is 4.79 Å². The van der Waals surface area contributed by atoms with E-state index in [2.05, 4.69) is 35.3 Å². The highest BCUT2D eigenvalue weighted by atomic mass is 32.2. The number of furan rings is 1. The molecular formula is C29H33N3O4S. The number of piperidine rings is 1. The number of amides is 1. The van der Waals surface area contributed by atoms with Crippen molar-refractivity contribution >= 4 is 32.5 Å². The predicted molar refractivity (Wildman–Crippen MR) is 147 cm³/mol. The number of fused-ring (bicyclic) bond motifs is 1. The highest BCUT2D eigenvalue weighted by Crippen LogP contribution is 2.34. The molecule has 1 atom stereocenters. The van der Waals surface area contributed by atoms with Gasteiger partial charge in [0.2, 0.25) is 15.9 Å². The van der Waals surface area contributed by atoms with Crippen LogP contribution in [0.25, 0.3) is 10.9 Å². The van der Waals surface area contributed by atoms with Gasteiger partial charge < -0.3 is 14.6 Å². The molecule has 0 bridgehead atoms. The van der Waals surface area contributed by atoms with E-state index in [9.17, 15) is 13.2 Å². The number of aryl methyl sites for hydroxylation is 2. The topological polar surface area (TPSA) is 84.5 Å². The van der Waals surface area contributed by atoms with Crippen LogP contribution in [-0.4, -0.2) is 37.6 Å². The molecule has 2 aromatic carbocycles. The second-order valence-corrected chi connectivity index (χ2v) is 11.9. The molecule has 1 N–H and O–H groups in total. The van der Waals surface area contributed by atoms with E-state index in [1.165, 1.54) is 22.2 Å². The lowest BCUT2D eigenvalue weighted by molar-refractivity contribution is -0.121. The first kappa shape index (κ1) is 25.1. The van der Waals surface area contributed by atoms with Crippen LogP contribution >= 0.6 is 0 Å². The predicted octanol–water partition coefficient (Wildman–Crippen LogP) is 5.10. The van der Waals surface area contributed by atoms with Gasteiger partial charge in [0.25, 0.3) is 0 Å². The molecule has 7 nitrogen and oxygen atoms in total. The van der Waals surface area contributed by atoms with E-state index < -0.39 is 16.1 Å². The van der Waals surface area contributed by atoms with E-state index in [0.717, 1.165) is 53.9 Å². The number of aromatic nitrogens is 1. The zero-order chi connectivity index (χ0) is 26.2. The number of hydrogen-bond acceptors (Lipinski definition) is 5. The summed E-state index contributed by atoms with van der Waals surface area (Å²) in [6.07, 6.45) is 6.45. The van der Waals surface area contributed by atoms with Crippen molar-refractivity contribution in [1.82, 2.24) is 9.29 Å². The average Bonchev–Trinajstić information content (AvgIpc) is 3.49. The van der Waals surface area contributed by atoms with E-state index in [4.69, 9.17) is 4.42 Å². The SMILES string of the molecule is Cc1ccc(C(NC(=O)Cc2ccc3c(ccn3S(C)(=O)=O)c2)c2ccc(C)o2)c(N2CCCCC2)c1. The van der Waals surface area contributed by atoms with Crippen LogP contribution in [0.2, 0.25) is 0 Å². The van der Waals surface area contributed by atoms with Gasteiger partial charge in [0, 0.05) is 35.9 Å². The van der Waals surface area contributed by atoms with Crippen LogP contribution in [0.4, 0.5) is 5.69 Å². The largest absolute Gasteiger partial charge is 0.464 e. The van der Waals surface area contributed by atoms with Crippen molar-refractivity contribution in [3.63, 3.8) is 0 Å². The first-order chi connectivity index (χ1) is 17.7. The Morgan fingerprint density at radius 3 is 2.49 bits per heavy atom. The molecule has 4 aromatic rings. The number of carbonyl (C=O) groups excluding carboxylic acids is 1. The maximum atomic E-state index is 13.4. The summed E-state index contributed by atoms with van der Waals surface area (Å²) in [5.41, 5.74) is 4.75. The van der Waals surface area contributed by atoms with Crippen LogP contribution in [-0.2, 0) is 21.2 Å². The van der Waals surface area contributed by atoms with Crippen molar-refractivity contribution in [2.75, 3.05) is 24.2 Å². The maximum absolute atomic E-state index is 13.4. The standard InChI is InChI=1S/C29H33N3O4S/c1-20-7-10-24(26(17-20)31-14-5-4-6-15-31)29(27-12-8-21(2)36-27)30-28(33)19-22-9-11-25-23(18-22)13-16-32(25)37(3,34)35/h7-13,16-18,29H,4-6,14-15,19H2,1-3H3,(H,30,33). The van der Waals surface area contributed by atoms with E-state index >= 15 is 0 Å². The minimum absolute atomic E-state index is 0.133. The summed E-state index contributed by atoms with van der Waals surface area (Å²) < 4.78 is 31.3. The van der Waals surface area contributed by atoms with E-state index in [1.807, 2.05) is 25.1 Å². The number of rotatable bonds is 7. The van der Waals surface area contributed by atoms with Gasteiger partial charge in [-0.15, -0.1) is 0 Å². The molecule has 1 unspecified atom stereocenters. The molecule has 1 saturated heterocycles. The number of anilines is 1. The van der Waals surface area contributed by atoms with Gasteiger partial charge in [-0.05, 0) is 80.6 Å². The lowest BCUT2D eigenvalue weighted by Gasteiger charge is -2.32. The smallest absolute Gasteiger partial charge is 0.236 e. The average molecular weight is 520 g/mol. The fourth-order valence-corrected chi connectivity index (χ4v) is 5.99. The third-order valence-corrected chi connectivity index (χ3v) is 8.02. The van der Waals surface area contributed by atoms with Gasteiger partial charge in [0.1, 0.15) is 17.6 Å². The molecule has 2 aromatic heterocycles. The normalized spacial score (nSPS) is 15.2. The molecule has 8 heteroatoms. The van der Waals surface area contributed by atoms with Crippen LogP contribution in [0.5, 0.6) is 0 Å². The van der Waals surface area contributed by atoms with Crippen LogP contribution in [0.1, 0.15) is 53.5 Å². The molecule has 0 saturated carbocycles. The Hall–Kier alpha value is -3.52. The number of hydrogen-bond donors (Lipinski definition) is 1. The summed E-state index contributed by atoms with van der Waals surface area (Å²) >= 11 is 0. The number of carbonyl (C=O) groups is 1. The Labute approximate surface area is 218 Å². The van der Waals surface area contributed by atoms with Gasteiger partial charge >= 0.3 is 0 Å². The zero-order valence-corrected chi connectivity index (χ0v) is 22.3. The fourth-order valence-electron chi connectivity index (χ4n) is 5.18. The van der Waals surface area contributed by atoms with Crippen LogP contribution in [0.15, 0.2) is 65.2 Å².